The van der Waals surface area contributed by atoms with Gasteiger partial charge in [-0.2, -0.15) is 13.2 Å². The molecule has 0 aliphatic heterocycles. The summed E-state index contributed by atoms with van der Waals surface area (Å²) < 4.78 is 67.6. The minimum atomic E-state index is -5.09. The van der Waals surface area contributed by atoms with E-state index in [2.05, 4.69) is 10.3 Å². The summed E-state index contributed by atoms with van der Waals surface area (Å²) in [7, 11) is 0. The van der Waals surface area contributed by atoms with Crippen molar-refractivity contribution in [3.05, 3.63) is 77.1 Å². The van der Waals surface area contributed by atoms with Gasteiger partial charge in [0.15, 0.2) is 11.4 Å². The largest absolute Gasteiger partial charge is 0.435 e. The summed E-state index contributed by atoms with van der Waals surface area (Å²) in [4.78, 5) is 24.0. The first-order valence-electron chi connectivity index (χ1n) is 7.82. The smallest absolute Gasteiger partial charge is 0.267 e. The molecule has 29 heavy (non-hydrogen) atoms. The lowest BCUT2D eigenvalue weighted by Crippen LogP contribution is -2.42. The average molecular weight is 411 g/mol. The van der Waals surface area contributed by atoms with Crippen LogP contribution in [-0.4, -0.2) is 26.8 Å². The number of nitrogens with zero attached hydrogens (tertiary/aromatic N) is 3. The number of halogens is 5. The monoisotopic (exact) mass is 411 g/mol. The van der Waals surface area contributed by atoms with Gasteiger partial charge in [-0.1, -0.05) is 23.4 Å². The number of hydrogen-bond donors (Lipinski definition) is 2. The molecule has 0 radical (unpaired) electrons. The molecule has 0 aliphatic carbocycles. The van der Waals surface area contributed by atoms with Crippen molar-refractivity contribution in [3.8, 4) is 5.69 Å². The van der Waals surface area contributed by atoms with Gasteiger partial charge in [0, 0.05) is 0 Å². The zero-order chi connectivity index (χ0) is 21.2. The fraction of sp³-hybridized carbons (Fsp3) is 0.0588. The number of hydrazine groups is 1. The Hall–Kier alpha value is -3.83. The van der Waals surface area contributed by atoms with E-state index in [-0.39, 0.29) is 10.4 Å². The molecule has 12 heteroatoms. The van der Waals surface area contributed by atoms with Crippen LogP contribution in [0.1, 0.15) is 26.5 Å². The van der Waals surface area contributed by atoms with Gasteiger partial charge in [0.1, 0.15) is 11.6 Å². The van der Waals surface area contributed by atoms with Crippen LogP contribution in [0.2, 0.25) is 0 Å². The van der Waals surface area contributed by atoms with E-state index in [0.717, 1.165) is 36.4 Å². The predicted octanol–water partition coefficient (Wildman–Crippen LogP) is 2.64. The Morgan fingerprint density at radius 3 is 2.28 bits per heavy atom. The Labute approximate surface area is 159 Å². The SMILES string of the molecule is O=C(NNC(=O)c1nnn(-c2cccc(F)c2)c1C(F)(F)F)c1ccccc1F. The minimum absolute atomic E-state index is 0.247. The molecular formula is C17H10F5N5O2. The molecule has 150 valence electrons. The van der Waals surface area contributed by atoms with Crippen LogP contribution in [0.4, 0.5) is 22.0 Å². The van der Waals surface area contributed by atoms with Crippen molar-refractivity contribution in [2.75, 3.05) is 0 Å². The third kappa shape index (κ3) is 4.20. The summed E-state index contributed by atoms with van der Waals surface area (Å²) in [5, 5.41) is 6.45. The molecule has 2 amide bonds. The van der Waals surface area contributed by atoms with Gasteiger partial charge in [-0.05, 0) is 30.3 Å². The zero-order valence-electron chi connectivity index (χ0n) is 14.2. The second-order valence-electron chi connectivity index (χ2n) is 5.56. The van der Waals surface area contributed by atoms with Gasteiger partial charge in [-0.15, -0.1) is 5.10 Å². The Morgan fingerprint density at radius 1 is 0.931 bits per heavy atom. The van der Waals surface area contributed by atoms with Crippen LogP contribution in [0, 0.1) is 11.6 Å². The molecule has 0 saturated heterocycles. The van der Waals surface area contributed by atoms with Crippen molar-refractivity contribution >= 4 is 11.8 Å². The summed E-state index contributed by atoms with van der Waals surface area (Å²) in [5.74, 6) is -4.27. The lowest BCUT2D eigenvalue weighted by molar-refractivity contribution is -0.143. The first kappa shape index (κ1) is 19.9. The minimum Gasteiger partial charge on any atom is -0.267 e. The second kappa shape index (κ2) is 7.66. The lowest BCUT2D eigenvalue weighted by atomic mass is 10.2. The molecule has 0 bridgehead atoms. The van der Waals surface area contributed by atoms with Crippen molar-refractivity contribution in [2.45, 2.75) is 6.18 Å². The zero-order valence-corrected chi connectivity index (χ0v) is 14.2. The summed E-state index contributed by atoms with van der Waals surface area (Å²) >= 11 is 0. The molecule has 0 fully saturated rings. The van der Waals surface area contributed by atoms with Gasteiger partial charge >= 0.3 is 6.18 Å². The maximum Gasteiger partial charge on any atom is 0.435 e. The number of alkyl halides is 3. The number of hydrogen-bond acceptors (Lipinski definition) is 4. The van der Waals surface area contributed by atoms with Gasteiger partial charge in [-0.25, -0.2) is 13.5 Å². The quantitative estimate of drug-likeness (QED) is 0.512. The molecule has 7 nitrogen and oxygen atoms in total. The van der Waals surface area contributed by atoms with Crippen molar-refractivity contribution in [2.24, 2.45) is 0 Å². The van der Waals surface area contributed by atoms with E-state index in [0.29, 0.717) is 0 Å². The molecule has 0 unspecified atom stereocenters. The van der Waals surface area contributed by atoms with Crippen molar-refractivity contribution in [3.63, 3.8) is 0 Å². The maximum absolute atomic E-state index is 13.6. The molecule has 1 heterocycles. The molecular weight excluding hydrogens is 401 g/mol. The summed E-state index contributed by atoms with van der Waals surface area (Å²) in [6, 6.07) is 8.85. The Kier molecular flexibility index (Phi) is 5.26. The molecule has 0 atom stereocenters. The molecule has 2 N–H and O–H groups in total. The summed E-state index contributed by atoms with van der Waals surface area (Å²) in [6.07, 6.45) is -5.09. The average Bonchev–Trinajstić information content (AvgIpc) is 3.12. The first-order valence-corrected chi connectivity index (χ1v) is 7.82. The highest BCUT2D eigenvalue weighted by Crippen LogP contribution is 2.32. The van der Waals surface area contributed by atoms with Crippen LogP contribution in [0.25, 0.3) is 5.69 Å². The highest BCUT2D eigenvalue weighted by atomic mass is 19.4. The van der Waals surface area contributed by atoms with Crippen LogP contribution in [-0.2, 0) is 6.18 Å². The summed E-state index contributed by atoms with van der Waals surface area (Å²) in [5.41, 5.74) is -0.00120. The molecule has 1 aromatic heterocycles. The number of amides is 2. The third-order valence-corrected chi connectivity index (χ3v) is 3.61. The van der Waals surface area contributed by atoms with Gasteiger partial charge in [0.25, 0.3) is 11.8 Å². The highest BCUT2D eigenvalue weighted by Gasteiger charge is 2.42. The van der Waals surface area contributed by atoms with Crippen LogP contribution >= 0.6 is 0 Å². The second-order valence-corrected chi connectivity index (χ2v) is 5.56. The third-order valence-electron chi connectivity index (χ3n) is 3.61. The standard InChI is InChI=1S/C17H10F5N5O2/c18-9-4-3-5-10(8-9)27-14(17(20,21)22)13(23-26-27)16(29)25-24-15(28)11-6-1-2-7-12(11)19/h1-8H,(H,24,28)(H,25,29). The normalized spacial score (nSPS) is 11.2. The van der Waals surface area contributed by atoms with E-state index in [1.807, 2.05) is 0 Å². The van der Waals surface area contributed by atoms with E-state index in [9.17, 15) is 31.5 Å². The molecule has 3 rings (SSSR count). The number of carbonyl (C=O) groups is 2. The topological polar surface area (TPSA) is 88.9 Å². The fourth-order valence-corrected chi connectivity index (χ4v) is 2.36. The Morgan fingerprint density at radius 2 is 1.62 bits per heavy atom. The van der Waals surface area contributed by atoms with E-state index >= 15 is 0 Å². The van der Waals surface area contributed by atoms with E-state index < -0.39 is 46.6 Å². The number of rotatable bonds is 3. The van der Waals surface area contributed by atoms with Gasteiger partial charge in [0.05, 0.1) is 11.3 Å². The van der Waals surface area contributed by atoms with Crippen molar-refractivity contribution in [1.29, 1.82) is 0 Å². The van der Waals surface area contributed by atoms with E-state index in [1.54, 1.807) is 10.9 Å². The molecule has 0 spiro atoms. The first-order chi connectivity index (χ1) is 13.7. The van der Waals surface area contributed by atoms with Crippen molar-refractivity contribution < 1.29 is 31.5 Å². The van der Waals surface area contributed by atoms with Gasteiger partial charge < -0.3 is 0 Å². The van der Waals surface area contributed by atoms with Crippen LogP contribution in [0.15, 0.2) is 48.5 Å². The Balaban J connectivity index is 1.87. The van der Waals surface area contributed by atoms with Gasteiger partial charge in [0.2, 0.25) is 0 Å². The van der Waals surface area contributed by atoms with E-state index in [4.69, 9.17) is 0 Å². The van der Waals surface area contributed by atoms with Crippen LogP contribution in [0.5, 0.6) is 0 Å². The number of nitrogens with one attached hydrogen (secondary N) is 2. The number of carbonyl (C=O) groups excluding carboxylic acids is 2. The Bertz CT molecular complexity index is 1080. The molecule has 3 aromatic rings. The summed E-state index contributed by atoms with van der Waals surface area (Å²) in [6.45, 7) is 0. The highest BCUT2D eigenvalue weighted by molar-refractivity contribution is 5.98. The van der Waals surface area contributed by atoms with Gasteiger partial charge in [-0.3, -0.25) is 20.4 Å². The molecule has 2 aromatic carbocycles. The fourth-order valence-electron chi connectivity index (χ4n) is 2.36. The van der Waals surface area contributed by atoms with E-state index in [1.165, 1.54) is 12.1 Å². The maximum atomic E-state index is 13.6. The van der Waals surface area contributed by atoms with Crippen molar-refractivity contribution in [1.82, 2.24) is 25.8 Å². The van der Waals surface area contributed by atoms with Crippen LogP contribution < -0.4 is 10.9 Å². The molecule has 0 aliphatic rings. The number of benzene rings is 2. The molecule has 0 saturated carbocycles. The predicted molar refractivity (Wildman–Crippen MR) is 87.7 cm³/mol. The number of aromatic nitrogens is 3. The van der Waals surface area contributed by atoms with Crippen LogP contribution in [0.3, 0.4) is 0 Å². The lowest BCUT2D eigenvalue weighted by Gasteiger charge is -2.12.